The van der Waals surface area contributed by atoms with E-state index in [4.69, 9.17) is 0 Å². The van der Waals surface area contributed by atoms with Crippen LogP contribution in [0.3, 0.4) is 0 Å². The first kappa shape index (κ1) is 23.3. The van der Waals surface area contributed by atoms with Gasteiger partial charge in [-0.1, -0.05) is 6.07 Å². The monoisotopic (exact) mass is 498 g/mol. The Morgan fingerprint density at radius 2 is 2.05 bits per heavy atom. The molecule has 0 spiro atoms. The minimum absolute atomic E-state index is 0.120. The lowest BCUT2D eigenvalue weighted by Gasteiger charge is -2.53. The number of aromatic amines is 1. The van der Waals surface area contributed by atoms with Crippen molar-refractivity contribution in [3.8, 4) is 17.3 Å². The molecule has 0 radical (unpaired) electrons. The molecule has 1 aromatic carbocycles. The Morgan fingerprint density at radius 3 is 2.81 bits per heavy atom. The number of hydrogen-bond acceptors (Lipinski definition) is 6. The summed E-state index contributed by atoms with van der Waals surface area (Å²) in [6.45, 7) is 4.41. The number of fused-ring (bicyclic) bond motifs is 1. The van der Waals surface area contributed by atoms with Crippen molar-refractivity contribution >= 4 is 16.9 Å². The number of benzene rings is 1. The summed E-state index contributed by atoms with van der Waals surface area (Å²) in [4.78, 5) is 28.9. The average molecular weight is 499 g/mol. The number of nitrogens with one attached hydrogen (secondary N) is 1. The number of piperidine rings is 1. The molecule has 4 aromatic rings. The number of aryl methyl sites for hydroxylation is 1. The van der Waals surface area contributed by atoms with Crippen LogP contribution >= 0.6 is 0 Å². The summed E-state index contributed by atoms with van der Waals surface area (Å²) in [5.41, 5.74) is 3.02. The maximum Gasteiger partial charge on any atom is 0.253 e. The van der Waals surface area contributed by atoms with Crippen LogP contribution in [0, 0.1) is 24.1 Å². The Kier molecular flexibility index (Phi) is 5.72. The first-order valence-electron chi connectivity index (χ1n) is 12.5. The summed E-state index contributed by atoms with van der Waals surface area (Å²) in [5, 5.41) is 15.2. The zero-order chi connectivity index (χ0) is 25.6. The van der Waals surface area contributed by atoms with Gasteiger partial charge in [-0.25, -0.2) is 14.4 Å². The number of rotatable bonds is 5. The first-order valence-corrected chi connectivity index (χ1v) is 12.5. The Balaban J connectivity index is 1.12. The topological polar surface area (TPSA) is 107 Å². The van der Waals surface area contributed by atoms with Crippen LogP contribution in [0.4, 0.5) is 4.39 Å². The molecule has 0 aliphatic carbocycles. The highest BCUT2D eigenvalue weighted by molar-refractivity contribution is 5.94. The van der Waals surface area contributed by atoms with Crippen molar-refractivity contribution in [2.45, 2.75) is 37.8 Å². The molecule has 1 amide bonds. The van der Waals surface area contributed by atoms with Gasteiger partial charge in [-0.05, 0) is 43.5 Å². The highest BCUT2D eigenvalue weighted by Crippen LogP contribution is 2.37. The van der Waals surface area contributed by atoms with Crippen molar-refractivity contribution < 1.29 is 9.18 Å². The lowest BCUT2D eigenvalue weighted by molar-refractivity contribution is -0.0412. The number of halogens is 1. The van der Waals surface area contributed by atoms with Gasteiger partial charge in [-0.3, -0.25) is 14.4 Å². The summed E-state index contributed by atoms with van der Waals surface area (Å²) < 4.78 is 15.9. The molecule has 2 aliphatic rings. The van der Waals surface area contributed by atoms with Crippen LogP contribution < -0.4 is 0 Å². The third-order valence-electron chi connectivity index (χ3n) is 7.79. The molecule has 0 saturated carbocycles. The van der Waals surface area contributed by atoms with E-state index in [1.54, 1.807) is 25.3 Å². The zero-order valence-electron chi connectivity index (χ0n) is 20.6. The van der Waals surface area contributed by atoms with Gasteiger partial charge in [0.1, 0.15) is 23.3 Å². The molecule has 10 heteroatoms. The number of carbonyl (C=O) groups excluding carboxylic acids is 1. The van der Waals surface area contributed by atoms with E-state index in [1.165, 1.54) is 12.4 Å². The molecule has 188 valence electrons. The van der Waals surface area contributed by atoms with Gasteiger partial charge in [-0.2, -0.15) is 10.4 Å². The summed E-state index contributed by atoms with van der Waals surface area (Å²) >= 11 is 0. The second kappa shape index (κ2) is 9.09. The van der Waals surface area contributed by atoms with E-state index in [0.29, 0.717) is 36.7 Å². The van der Waals surface area contributed by atoms with Gasteiger partial charge in [0.2, 0.25) is 0 Å². The molecule has 2 aliphatic heterocycles. The molecule has 2 saturated heterocycles. The number of aromatic nitrogens is 5. The standard InChI is InChI=1S/C27H27FN8O/c1-18-2-3-19(12-23(18)28)26(37)34-10-5-21(6-11-34)35-15-27(16-35,7-8-29)36-14-20(13-33-36)24-22-4-9-30-25(22)32-17-31-24/h2-4,9,12-14,17,21H,5-7,10-11,15-16H2,1H3,(H,30,31,32). The lowest BCUT2D eigenvalue weighted by Crippen LogP contribution is -2.66. The molecule has 0 atom stereocenters. The van der Waals surface area contributed by atoms with Gasteiger partial charge < -0.3 is 9.88 Å². The normalized spacial score (nSPS) is 18.0. The zero-order valence-corrected chi connectivity index (χ0v) is 20.6. The number of H-pyrrole nitrogens is 1. The third-order valence-corrected chi connectivity index (χ3v) is 7.79. The van der Waals surface area contributed by atoms with Crippen LogP contribution in [-0.2, 0) is 5.54 Å². The summed E-state index contributed by atoms with van der Waals surface area (Å²) in [6.07, 6.45) is 9.21. The van der Waals surface area contributed by atoms with E-state index in [0.717, 1.165) is 48.2 Å². The Bertz CT molecular complexity index is 1500. The number of likely N-dealkylation sites (tertiary alicyclic amines) is 2. The van der Waals surface area contributed by atoms with E-state index in [1.807, 2.05) is 28.0 Å². The van der Waals surface area contributed by atoms with Crippen LogP contribution in [0.15, 0.2) is 49.2 Å². The van der Waals surface area contributed by atoms with Crippen LogP contribution in [0.1, 0.15) is 35.2 Å². The quantitative estimate of drug-likeness (QED) is 0.451. The molecular weight excluding hydrogens is 471 g/mol. The average Bonchev–Trinajstić information content (AvgIpc) is 3.57. The number of amides is 1. The van der Waals surface area contributed by atoms with Crippen LogP contribution in [0.2, 0.25) is 0 Å². The van der Waals surface area contributed by atoms with Crippen LogP contribution in [-0.4, -0.2) is 72.7 Å². The molecule has 0 bridgehead atoms. The molecule has 3 aromatic heterocycles. The molecule has 37 heavy (non-hydrogen) atoms. The SMILES string of the molecule is Cc1ccc(C(=O)N2CCC(N3CC(CC#N)(n4cc(-c5ncnc6[nH]ccc56)cn4)C3)CC2)cc1F. The highest BCUT2D eigenvalue weighted by Gasteiger charge is 2.48. The van der Waals surface area contributed by atoms with E-state index in [9.17, 15) is 14.4 Å². The minimum atomic E-state index is -0.385. The second-order valence-electron chi connectivity index (χ2n) is 10.1. The smallest absolute Gasteiger partial charge is 0.253 e. The molecule has 6 rings (SSSR count). The molecule has 0 unspecified atom stereocenters. The van der Waals surface area contributed by atoms with Crippen LogP contribution in [0.25, 0.3) is 22.3 Å². The van der Waals surface area contributed by atoms with Crippen molar-refractivity contribution in [1.29, 1.82) is 5.26 Å². The number of carbonyl (C=O) groups is 1. The number of nitrogens with zero attached hydrogens (tertiary/aromatic N) is 7. The van der Waals surface area contributed by atoms with Gasteiger partial charge >= 0.3 is 0 Å². The van der Waals surface area contributed by atoms with Gasteiger partial charge in [0.05, 0.1) is 24.4 Å². The Labute approximate surface area is 213 Å². The van der Waals surface area contributed by atoms with E-state index < -0.39 is 0 Å². The number of hydrogen-bond donors (Lipinski definition) is 1. The molecule has 2 fully saturated rings. The fraction of sp³-hybridized carbons (Fsp3) is 0.370. The maximum absolute atomic E-state index is 13.9. The second-order valence-corrected chi connectivity index (χ2v) is 10.1. The summed E-state index contributed by atoms with van der Waals surface area (Å²) in [5.74, 6) is -0.473. The van der Waals surface area contributed by atoms with Crippen molar-refractivity contribution in [3.63, 3.8) is 0 Å². The van der Waals surface area contributed by atoms with Gasteiger partial charge in [-0.15, -0.1) is 0 Å². The first-order chi connectivity index (χ1) is 18.0. The van der Waals surface area contributed by atoms with Crippen molar-refractivity contribution in [2.75, 3.05) is 26.2 Å². The minimum Gasteiger partial charge on any atom is -0.346 e. The van der Waals surface area contributed by atoms with Crippen molar-refractivity contribution in [2.24, 2.45) is 0 Å². The van der Waals surface area contributed by atoms with E-state index >= 15 is 0 Å². The maximum atomic E-state index is 13.9. The molecular formula is C27H27FN8O. The largest absolute Gasteiger partial charge is 0.346 e. The van der Waals surface area contributed by atoms with Gasteiger partial charge in [0.15, 0.2) is 0 Å². The molecule has 5 heterocycles. The summed E-state index contributed by atoms with van der Waals surface area (Å²) in [6, 6.07) is 9.31. The van der Waals surface area contributed by atoms with Crippen molar-refractivity contribution in [3.05, 3.63) is 66.1 Å². The summed E-state index contributed by atoms with van der Waals surface area (Å²) in [7, 11) is 0. The lowest BCUT2D eigenvalue weighted by atomic mass is 9.83. The predicted octanol–water partition coefficient (Wildman–Crippen LogP) is 3.50. The predicted molar refractivity (Wildman–Crippen MR) is 135 cm³/mol. The highest BCUT2D eigenvalue weighted by atomic mass is 19.1. The van der Waals surface area contributed by atoms with E-state index in [-0.39, 0.29) is 17.3 Å². The fourth-order valence-electron chi connectivity index (χ4n) is 5.60. The van der Waals surface area contributed by atoms with E-state index in [2.05, 4.69) is 31.0 Å². The van der Waals surface area contributed by atoms with Crippen molar-refractivity contribution in [1.82, 2.24) is 34.5 Å². The number of nitriles is 1. The Morgan fingerprint density at radius 1 is 1.24 bits per heavy atom. The molecule has 1 N–H and O–H groups in total. The Hall–Kier alpha value is -4.10. The fourth-order valence-corrected chi connectivity index (χ4v) is 5.60. The van der Waals surface area contributed by atoms with Gasteiger partial charge in [0, 0.05) is 61.1 Å². The third kappa shape index (κ3) is 4.05. The van der Waals surface area contributed by atoms with Gasteiger partial charge in [0.25, 0.3) is 5.91 Å². The van der Waals surface area contributed by atoms with Crippen LogP contribution in [0.5, 0.6) is 0 Å². The molecule has 9 nitrogen and oxygen atoms in total.